The van der Waals surface area contributed by atoms with Crippen LogP contribution in [-0.2, 0) is 0 Å². The van der Waals surface area contributed by atoms with Gasteiger partial charge >= 0.3 is 0 Å². The van der Waals surface area contributed by atoms with Crippen molar-refractivity contribution in [2.75, 3.05) is 14.2 Å². The van der Waals surface area contributed by atoms with E-state index in [0.29, 0.717) is 17.1 Å². The third kappa shape index (κ3) is 2.75. The molecule has 0 amide bonds. The molecule has 2 aromatic carbocycles. The number of hydrogen-bond acceptors (Lipinski definition) is 3. The van der Waals surface area contributed by atoms with Crippen LogP contribution < -0.4 is 9.47 Å². The Hall–Kier alpha value is -2.07. The van der Waals surface area contributed by atoms with E-state index in [1.165, 1.54) is 20.3 Å². The second kappa shape index (κ2) is 5.92. The zero-order valence-electron chi connectivity index (χ0n) is 11.7. The molecule has 0 spiro atoms. The summed E-state index contributed by atoms with van der Waals surface area (Å²) >= 11 is 0. The summed E-state index contributed by atoms with van der Waals surface area (Å²) in [6.07, 6.45) is -1.11. The predicted molar refractivity (Wildman–Crippen MR) is 74.7 cm³/mol. The predicted octanol–water partition coefficient (Wildman–Crippen LogP) is 3.23. The highest BCUT2D eigenvalue weighted by molar-refractivity contribution is 5.45. The molecule has 0 aliphatic rings. The van der Waals surface area contributed by atoms with Gasteiger partial charge in [-0.05, 0) is 31.2 Å². The van der Waals surface area contributed by atoms with Crippen molar-refractivity contribution in [1.82, 2.24) is 0 Å². The molecule has 0 aromatic heterocycles. The lowest BCUT2D eigenvalue weighted by Crippen LogP contribution is -2.05. The average Bonchev–Trinajstić information content (AvgIpc) is 2.48. The molecular weight excluding hydrogens is 259 g/mol. The van der Waals surface area contributed by atoms with Crippen molar-refractivity contribution in [2.24, 2.45) is 0 Å². The topological polar surface area (TPSA) is 38.7 Å². The summed E-state index contributed by atoms with van der Waals surface area (Å²) in [6, 6.07) is 9.69. The molecular formula is C16H17FO3. The van der Waals surface area contributed by atoms with Crippen molar-refractivity contribution in [3.05, 3.63) is 58.9 Å². The number of aryl methyl sites for hydroxylation is 1. The van der Waals surface area contributed by atoms with Crippen LogP contribution in [0.2, 0.25) is 0 Å². The minimum atomic E-state index is -1.11. The van der Waals surface area contributed by atoms with E-state index in [9.17, 15) is 9.50 Å². The van der Waals surface area contributed by atoms with Crippen molar-refractivity contribution in [2.45, 2.75) is 13.0 Å². The van der Waals surface area contributed by atoms with E-state index in [0.717, 1.165) is 5.56 Å². The Kier molecular flexibility index (Phi) is 4.25. The maximum atomic E-state index is 13.9. The van der Waals surface area contributed by atoms with Crippen LogP contribution in [0, 0.1) is 12.7 Å². The molecule has 2 rings (SSSR count). The zero-order chi connectivity index (χ0) is 14.7. The summed E-state index contributed by atoms with van der Waals surface area (Å²) < 4.78 is 24.2. The van der Waals surface area contributed by atoms with E-state index in [-0.39, 0.29) is 5.56 Å². The van der Waals surface area contributed by atoms with Gasteiger partial charge in [-0.25, -0.2) is 4.39 Å². The van der Waals surface area contributed by atoms with Crippen molar-refractivity contribution in [1.29, 1.82) is 0 Å². The van der Waals surface area contributed by atoms with Gasteiger partial charge in [0, 0.05) is 11.1 Å². The quantitative estimate of drug-likeness (QED) is 0.931. The van der Waals surface area contributed by atoms with E-state index >= 15 is 0 Å². The molecule has 106 valence electrons. The lowest BCUT2D eigenvalue weighted by Gasteiger charge is -2.17. The molecule has 4 heteroatoms. The number of methoxy groups -OCH3 is 2. The molecule has 1 unspecified atom stereocenters. The third-order valence-electron chi connectivity index (χ3n) is 3.18. The lowest BCUT2D eigenvalue weighted by atomic mass is 9.98. The number of aliphatic hydroxyl groups is 1. The first-order chi connectivity index (χ1) is 9.56. The monoisotopic (exact) mass is 276 g/mol. The molecule has 0 radical (unpaired) electrons. The van der Waals surface area contributed by atoms with Crippen LogP contribution in [-0.4, -0.2) is 19.3 Å². The highest BCUT2D eigenvalue weighted by atomic mass is 19.1. The van der Waals surface area contributed by atoms with Crippen LogP contribution >= 0.6 is 0 Å². The van der Waals surface area contributed by atoms with Crippen LogP contribution in [0.5, 0.6) is 11.5 Å². The Morgan fingerprint density at radius 2 is 1.75 bits per heavy atom. The Bertz CT molecular complexity index is 611. The highest BCUT2D eigenvalue weighted by Crippen LogP contribution is 2.34. The summed E-state index contributed by atoms with van der Waals surface area (Å²) in [5.41, 5.74) is 1.57. The molecule has 20 heavy (non-hydrogen) atoms. The SMILES string of the molecule is COc1ccc(OC)c(C(O)c2cc(C)ccc2F)c1. The van der Waals surface area contributed by atoms with Crippen molar-refractivity contribution in [3.63, 3.8) is 0 Å². The molecule has 1 N–H and O–H groups in total. The van der Waals surface area contributed by atoms with Gasteiger partial charge in [0.25, 0.3) is 0 Å². The van der Waals surface area contributed by atoms with Gasteiger partial charge in [0.05, 0.1) is 14.2 Å². The summed E-state index contributed by atoms with van der Waals surface area (Å²) in [7, 11) is 3.04. The maximum Gasteiger partial charge on any atom is 0.129 e. The Labute approximate surface area is 117 Å². The first-order valence-electron chi connectivity index (χ1n) is 6.23. The minimum absolute atomic E-state index is 0.219. The van der Waals surface area contributed by atoms with E-state index < -0.39 is 11.9 Å². The summed E-state index contributed by atoms with van der Waals surface area (Å²) in [5, 5.41) is 10.5. The summed E-state index contributed by atoms with van der Waals surface area (Å²) in [5.74, 6) is 0.611. The second-order valence-electron chi connectivity index (χ2n) is 4.54. The van der Waals surface area contributed by atoms with Gasteiger partial charge in [-0.15, -0.1) is 0 Å². The average molecular weight is 276 g/mol. The minimum Gasteiger partial charge on any atom is -0.497 e. The van der Waals surface area contributed by atoms with Gasteiger partial charge < -0.3 is 14.6 Å². The van der Waals surface area contributed by atoms with E-state index in [2.05, 4.69) is 0 Å². The van der Waals surface area contributed by atoms with E-state index in [4.69, 9.17) is 9.47 Å². The molecule has 0 heterocycles. The van der Waals surface area contributed by atoms with Crippen LogP contribution in [0.1, 0.15) is 22.8 Å². The van der Waals surface area contributed by atoms with Gasteiger partial charge in [0.1, 0.15) is 23.4 Å². The van der Waals surface area contributed by atoms with Crippen LogP contribution in [0.25, 0.3) is 0 Å². The molecule has 0 aliphatic carbocycles. The van der Waals surface area contributed by atoms with Gasteiger partial charge in [0.2, 0.25) is 0 Å². The van der Waals surface area contributed by atoms with Crippen molar-refractivity contribution < 1.29 is 19.0 Å². The number of halogens is 1. The molecule has 2 aromatic rings. The highest BCUT2D eigenvalue weighted by Gasteiger charge is 2.19. The van der Waals surface area contributed by atoms with Crippen molar-refractivity contribution >= 4 is 0 Å². The first kappa shape index (κ1) is 14.3. The zero-order valence-corrected chi connectivity index (χ0v) is 11.7. The van der Waals surface area contributed by atoms with Crippen LogP contribution in [0.4, 0.5) is 4.39 Å². The smallest absolute Gasteiger partial charge is 0.129 e. The lowest BCUT2D eigenvalue weighted by molar-refractivity contribution is 0.209. The first-order valence-corrected chi connectivity index (χ1v) is 6.23. The van der Waals surface area contributed by atoms with Gasteiger partial charge in [0.15, 0.2) is 0 Å². The Morgan fingerprint density at radius 1 is 1.00 bits per heavy atom. The fourth-order valence-electron chi connectivity index (χ4n) is 2.09. The Morgan fingerprint density at radius 3 is 2.40 bits per heavy atom. The summed E-state index contributed by atoms with van der Waals surface area (Å²) in [4.78, 5) is 0. The molecule has 0 saturated heterocycles. The van der Waals surface area contributed by atoms with Crippen LogP contribution in [0.3, 0.4) is 0 Å². The van der Waals surface area contributed by atoms with Gasteiger partial charge in [-0.3, -0.25) is 0 Å². The molecule has 0 bridgehead atoms. The van der Waals surface area contributed by atoms with Gasteiger partial charge in [-0.2, -0.15) is 0 Å². The van der Waals surface area contributed by atoms with Crippen LogP contribution in [0.15, 0.2) is 36.4 Å². The fourth-order valence-corrected chi connectivity index (χ4v) is 2.09. The Balaban J connectivity index is 2.51. The standard InChI is InChI=1S/C16H17FO3/c1-10-4-6-14(17)12(8-10)16(18)13-9-11(19-2)5-7-15(13)20-3/h4-9,16,18H,1-3H3. The molecule has 3 nitrogen and oxygen atoms in total. The number of rotatable bonds is 4. The van der Waals surface area contributed by atoms with E-state index in [1.807, 2.05) is 6.92 Å². The molecule has 1 atom stereocenters. The van der Waals surface area contributed by atoms with Crippen molar-refractivity contribution in [3.8, 4) is 11.5 Å². The number of hydrogen-bond donors (Lipinski definition) is 1. The maximum absolute atomic E-state index is 13.9. The summed E-state index contributed by atoms with van der Waals surface area (Å²) in [6.45, 7) is 1.85. The third-order valence-corrected chi connectivity index (χ3v) is 3.18. The fraction of sp³-hybridized carbons (Fsp3) is 0.250. The number of ether oxygens (including phenoxy) is 2. The largest absolute Gasteiger partial charge is 0.497 e. The molecule has 0 saturated carbocycles. The second-order valence-corrected chi connectivity index (χ2v) is 4.54. The van der Waals surface area contributed by atoms with Gasteiger partial charge in [-0.1, -0.05) is 17.7 Å². The number of aliphatic hydroxyl groups excluding tert-OH is 1. The molecule has 0 fully saturated rings. The van der Waals surface area contributed by atoms with E-state index in [1.54, 1.807) is 30.3 Å². The number of benzene rings is 2. The molecule has 0 aliphatic heterocycles. The normalized spacial score (nSPS) is 12.1.